The molecule has 0 amide bonds. The molecule has 0 aliphatic heterocycles. The molecule has 0 saturated carbocycles. The van der Waals surface area contributed by atoms with Crippen molar-refractivity contribution in [3.63, 3.8) is 0 Å². The van der Waals surface area contributed by atoms with E-state index in [1.165, 1.54) is 141 Å². The summed E-state index contributed by atoms with van der Waals surface area (Å²) >= 11 is 4.35. The van der Waals surface area contributed by atoms with Gasteiger partial charge in [-0.2, -0.15) is 0 Å². The lowest BCUT2D eigenvalue weighted by molar-refractivity contribution is 0.557. The number of hydrogen-bond donors (Lipinski definition) is 0. The van der Waals surface area contributed by atoms with Crippen LogP contribution in [-0.4, -0.2) is 16.1 Å². The Hall–Kier alpha value is -0.426. The van der Waals surface area contributed by atoms with Crippen LogP contribution in [0.3, 0.4) is 0 Å². The fourth-order valence-electron chi connectivity index (χ4n) is 7.07. The highest BCUT2D eigenvalue weighted by Crippen LogP contribution is 2.37. The van der Waals surface area contributed by atoms with E-state index in [2.05, 4.69) is 87.9 Å². The fraction of sp³-hybridized carbons (Fsp3) is 0.750. The van der Waals surface area contributed by atoms with Crippen molar-refractivity contribution in [1.82, 2.24) is 0 Å². The first-order valence-corrected chi connectivity index (χ1v) is 27.7. The van der Waals surface area contributed by atoms with Gasteiger partial charge in [0.2, 0.25) is 0 Å². The van der Waals surface area contributed by atoms with E-state index in [1.807, 2.05) is 0 Å². The van der Waals surface area contributed by atoms with E-state index in [0.717, 1.165) is 0 Å². The molecule has 0 unspecified atom stereocenters. The monoisotopic (exact) mass is 670 g/mol. The second-order valence-corrected chi connectivity index (χ2v) is 28.9. The zero-order valence-corrected chi connectivity index (χ0v) is 34.2. The highest BCUT2D eigenvalue weighted by atomic mass is 32.1. The molecule has 1 aromatic carbocycles. The summed E-state index contributed by atoms with van der Waals surface area (Å²) in [5.41, 5.74) is 3.48. The van der Waals surface area contributed by atoms with Crippen LogP contribution in [0.4, 0.5) is 0 Å². The van der Waals surface area contributed by atoms with Crippen molar-refractivity contribution in [3.8, 4) is 0 Å². The SMILES string of the molecule is CCCCCCCCCCCCc1c([Si](C)(C)C)sc2cc3c(CCCCCCCCCCCC)c([Si](C)(C)C)sc3cc12. The van der Waals surface area contributed by atoms with Gasteiger partial charge in [0.1, 0.15) is 0 Å². The predicted molar refractivity (Wildman–Crippen MR) is 214 cm³/mol. The Morgan fingerprint density at radius 2 is 0.682 bits per heavy atom. The molecule has 0 N–H and O–H groups in total. The standard InChI is InChI=1S/C40H70S2Si2/c1-9-11-13-15-17-19-21-23-25-27-29-33-35-31-38-36(32-37(35)41-39(33)43(3,4)5)34(40(42-38)44(6,7)8)30-28-26-24-22-20-18-16-14-12-10-2/h31-32H,9-30H2,1-8H3. The molecular weight excluding hydrogens is 601 g/mol. The fourth-order valence-corrected chi connectivity index (χ4v) is 14.6. The topological polar surface area (TPSA) is 0 Å². The van der Waals surface area contributed by atoms with Gasteiger partial charge in [0.05, 0.1) is 16.1 Å². The minimum Gasteiger partial charge on any atom is -0.145 e. The van der Waals surface area contributed by atoms with E-state index in [-0.39, 0.29) is 0 Å². The highest BCUT2D eigenvalue weighted by Gasteiger charge is 2.28. The quantitative estimate of drug-likeness (QED) is 0.0657. The number of hydrogen-bond acceptors (Lipinski definition) is 2. The Bertz CT molecular complexity index is 1120. The largest absolute Gasteiger partial charge is 0.145 e. The van der Waals surface area contributed by atoms with E-state index in [4.69, 9.17) is 0 Å². The van der Waals surface area contributed by atoms with Gasteiger partial charge in [-0.1, -0.05) is 169 Å². The smallest absolute Gasteiger partial charge is 0.0908 e. The molecular formula is C40H70S2Si2. The van der Waals surface area contributed by atoms with Gasteiger partial charge in [0.15, 0.2) is 0 Å². The first-order chi connectivity index (χ1) is 21.1. The zero-order valence-electron chi connectivity index (χ0n) is 30.5. The zero-order chi connectivity index (χ0) is 32.0. The Morgan fingerprint density at radius 1 is 0.409 bits per heavy atom. The van der Waals surface area contributed by atoms with Crippen molar-refractivity contribution in [2.75, 3.05) is 0 Å². The molecule has 3 aromatic rings. The molecule has 0 aliphatic carbocycles. The molecule has 4 heteroatoms. The molecule has 2 aromatic heterocycles. The summed E-state index contributed by atoms with van der Waals surface area (Å²) in [6, 6.07) is 5.32. The average Bonchev–Trinajstić information content (AvgIpc) is 3.52. The summed E-state index contributed by atoms with van der Waals surface area (Å²) in [7, 11) is -2.77. The van der Waals surface area contributed by atoms with Gasteiger partial charge in [-0.25, -0.2) is 0 Å². The Balaban J connectivity index is 1.68. The third-order valence-electron chi connectivity index (χ3n) is 9.63. The van der Waals surface area contributed by atoms with Gasteiger partial charge in [-0.15, -0.1) is 22.7 Å². The maximum absolute atomic E-state index is 2.66. The molecule has 0 fully saturated rings. The maximum Gasteiger partial charge on any atom is 0.0908 e. The van der Waals surface area contributed by atoms with Gasteiger partial charge in [0, 0.05) is 9.40 Å². The number of thiophene rings is 2. The minimum atomic E-state index is -1.39. The summed E-state index contributed by atoms with van der Waals surface area (Å²) in [5.74, 6) is 0. The van der Waals surface area contributed by atoms with Crippen LogP contribution in [0.2, 0.25) is 39.3 Å². The van der Waals surface area contributed by atoms with Gasteiger partial charge in [0.25, 0.3) is 0 Å². The Kier molecular flexibility index (Phi) is 16.8. The lowest BCUT2D eigenvalue weighted by Crippen LogP contribution is -2.37. The molecule has 0 atom stereocenters. The van der Waals surface area contributed by atoms with Crippen LogP contribution in [0.25, 0.3) is 20.2 Å². The van der Waals surface area contributed by atoms with Crippen LogP contribution in [0, 0.1) is 0 Å². The van der Waals surface area contributed by atoms with Crippen LogP contribution >= 0.6 is 22.7 Å². The third kappa shape index (κ3) is 12.0. The number of aryl methyl sites for hydroxylation is 2. The average molecular weight is 671 g/mol. The van der Waals surface area contributed by atoms with E-state index in [0.29, 0.717) is 0 Å². The predicted octanol–water partition coefficient (Wildman–Crippen LogP) is 14.1. The molecule has 0 spiro atoms. The van der Waals surface area contributed by atoms with Crippen molar-refractivity contribution in [3.05, 3.63) is 23.3 Å². The lowest BCUT2D eigenvalue weighted by atomic mass is 10.0. The molecule has 0 radical (unpaired) electrons. The van der Waals surface area contributed by atoms with E-state index in [9.17, 15) is 0 Å². The van der Waals surface area contributed by atoms with Crippen molar-refractivity contribution in [2.45, 2.75) is 194 Å². The molecule has 2 heterocycles. The second kappa shape index (κ2) is 19.4. The van der Waals surface area contributed by atoms with Crippen LogP contribution in [0.5, 0.6) is 0 Å². The summed E-state index contributed by atoms with van der Waals surface area (Å²) in [4.78, 5) is 0. The van der Waals surface area contributed by atoms with Crippen molar-refractivity contribution in [2.24, 2.45) is 0 Å². The summed E-state index contributed by atoms with van der Waals surface area (Å²) < 4.78 is 6.73. The van der Waals surface area contributed by atoms with Gasteiger partial charge in [-0.3, -0.25) is 0 Å². The summed E-state index contributed by atoms with van der Waals surface area (Å²) in [5, 5.41) is 3.23. The number of fused-ring (bicyclic) bond motifs is 2. The third-order valence-corrected chi connectivity index (χ3v) is 19.3. The molecule has 0 nitrogen and oxygen atoms in total. The number of unbranched alkanes of at least 4 members (excludes halogenated alkanes) is 18. The van der Waals surface area contributed by atoms with E-state index >= 15 is 0 Å². The Morgan fingerprint density at radius 3 is 0.955 bits per heavy atom. The second-order valence-electron chi connectivity index (χ2n) is 16.0. The minimum absolute atomic E-state index is 1.29. The van der Waals surface area contributed by atoms with Crippen molar-refractivity contribution in [1.29, 1.82) is 0 Å². The van der Waals surface area contributed by atoms with Crippen LogP contribution < -0.4 is 9.00 Å². The lowest BCUT2D eigenvalue weighted by Gasteiger charge is -2.17. The number of rotatable bonds is 24. The summed E-state index contributed by atoms with van der Waals surface area (Å²) in [6.45, 7) is 20.1. The Labute approximate surface area is 284 Å². The highest BCUT2D eigenvalue weighted by molar-refractivity contribution is 7.33. The molecule has 250 valence electrons. The van der Waals surface area contributed by atoms with Crippen LogP contribution in [0.15, 0.2) is 12.1 Å². The van der Waals surface area contributed by atoms with Gasteiger partial charge >= 0.3 is 0 Å². The molecule has 0 saturated heterocycles. The van der Waals surface area contributed by atoms with Crippen molar-refractivity contribution >= 4 is 68.0 Å². The summed E-state index contributed by atoms with van der Waals surface area (Å²) in [6.07, 6.45) is 31.0. The van der Waals surface area contributed by atoms with E-state index < -0.39 is 16.1 Å². The van der Waals surface area contributed by atoms with Crippen LogP contribution in [-0.2, 0) is 12.8 Å². The van der Waals surface area contributed by atoms with Crippen LogP contribution in [0.1, 0.15) is 153 Å². The molecule has 3 rings (SSSR count). The first kappa shape index (κ1) is 38.0. The first-order valence-electron chi connectivity index (χ1n) is 19.1. The van der Waals surface area contributed by atoms with E-state index in [1.54, 1.807) is 40.3 Å². The van der Waals surface area contributed by atoms with Gasteiger partial charge in [-0.05, 0) is 68.7 Å². The van der Waals surface area contributed by atoms with Gasteiger partial charge < -0.3 is 0 Å². The van der Waals surface area contributed by atoms with Crippen molar-refractivity contribution < 1.29 is 0 Å². The molecule has 44 heavy (non-hydrogen) atoms. The number of benzene rings is 1. The maximum atomic E-state index is 2.66. The normalized spacial score (nSPS) is 12.7. The molecule has 0 bridgehead atoms. The molecule has 0 aliphatic rings.